The Kier molecular flexibility index (Phi) is 6.71. The van der Waals surface area contributed by atoms with E-state index in [1.54, 1.807) is 0 Å². The fraction of sp³-hybridized carbons (Fsp3) is 0.0196. The van der Waals surface area contributed by atoms with E-state index in [9.17, 15) is 0 Å². The Balaban J connectivity index is 1.22. The second-order valence-corrected chi connectivity index (χ2v) is 15.1. The second-order valence-electron chi connectivity index (χ2n) is 14.0. The van der Waals surface area contributed by atoms with Crippen LogP contribution in [0.1, 0.15) is 22.3 Å². The van der Waals surface area contributed by atoms with Gasteiger partial charge < -0.3 is 4.90 Å². The van der Waals surface area contributed by atoms with Crippen molar-refractivity contribution >= 4 is 70.1 Å². The number of nitrogens with zero attached hydrogens (tertiary/aromatic N) is 1. The van der Waals surface area contributed by atoms with Crippen LogP contribution in [0.4, 0.5) is 17.1 Å². The van der Waals surface area contributed by atoms with E-state index in [4.69, 9.17) is 0 Å². The summed E-state index contributed by atoms with van der Waals surface area (Å²) in [5, 5.41) is 7.76. The van der Waals surface area contributed by atoms with Crippen molar-refractivity contribution in [2.75, 3.05) is 4.90 Å². The molecular weight excluding hydrogens is 659 g/mol. The molecule has 248 valence electrons. The van der Waals surface area contributed by atoms with Crippen LogP contribution in [0, 0.1) is 0 Å². The molecule has 9 aromatic carbocycles. The zero-order valence-electron chi connectivity index (χ0n) is 28.9. The van der Waals surface area contributed by atoms with E-state index >= 15 is 0 Å². The average molecular weight is 692 g/mol. The van der Waals surface area contributed by atoms with E-state index in [1.807, 2.05) is 11.3 Å². The highest BCUT2D eigenvalue weighted by atomic mass is 32.1. The number of benzene rings is 9. The summed E-state index contributed by atoms with van der Waals surface area (Å²) in [5.74, 6) is 0. The summed E-state index contributed by atoms with van der Waals surface area (Å²) in [6.45, 7) is 0. The fourth-order valence-electron chi connectivity index (χ4n) is 9.11. The Labute approximate surface area is 312 Å². The Morgan fingerprint density at radius 2 is 1.04 bits per heavy atom. The Hall–Kier alpha value is -6.48. The fourth-order valence-corrected chi connectivity index (χ4v) is 10.4. The van der Waals surface area contributed by atoms with Gasteiger partial charge in [0.25, 0.3) is 0 Å². The van der Waals surface area contributed by atoms with Crippen LogP contribution < -0.4 is 4.90 Å². The number of fused-ring (bicyclic) bond motifs is 10. The molecule has 1 heterocycles. The SMILES string of the molecule is c1ccc(N(c2ccc3ccc4ccc5c6ccccc6sc5c4c3c2)c2cccc3c2-c2ccccc2C3(c2ccccc2)c2ccccc2)cc1. The van der Waals surface area contributed by atoms with Gasteiger partial charge in [0.05, 0.1) is 11.1 Å². The third-order valence-corrected chi connectivity index (χ3v) is 12.5. The molecule has 2 heteroatoms. The van der Waals surface area contributed by atoms with E-state index < -0.39 is 5.41 Å². The Bertz CT molecular complexity index is 2960. The van der Waals surface area contributed by atoms with Gasteiger partial charge in [-0.25, -0.2) is 0 Å². The number of hydrogen-bond acceptors (Lipinski definition) is 2. The van der Waals surface area contributed by atoms with Gasteiger partial charge in [0, 0.05) is 42.5 Å². The Morgan fingerprint density at radius 1 is 0.415 bits per heavy atom. The van der Waals surface area contributed by atoms with Gasteiger partial charge in [0.1, 0.15) is 0 Å². The molecule has 0 aliphatic heterocycles. The lowest BCUT2D eigenvalue weighted by Crippen LogP contribution is -2.28. The minimum Gasteiger partial charge on any atom is -0.310 e. The molecular formula is C51H33NS. The van der Waals surface area contributed by atoms with Gasteiger partial charge in [-0.05, 0) is 80.4 Å². The van der Waals surface area contributed by atoms with E-state index in [0.29, 0.717) is 0 Å². The van der Waals surface area contributed by atoms with E-state index in [2.05, 4.69) is 205 Å². The number of anilines is 3. The molecule has 1 aromatic heterocycles. The van der Waals surface area contributed by atoms with Gasteiger partial charge >= 0.3 is 0 Å². The minimum absolute atomic E-state index is 0.473. The van der Waals surface area contributed by atoms with Gasteiger partial charge in [-0.1, -0.05) is 164 Å². The first kappa shape index (κ1) is 30.2. The molecule has 1 aliphatic rings. The number of rotatable bonds is 5. The van der Waals surface area contributed by atoms with Crippen molar-refractivity contribution in [2.45, 2.75) is 5.41 Å². The molecule has 53 heavy (non-hydrogen) atoms. The molecule has 0 spiro atoms. The van der Waals surface area contributed by atoms with Crippen LogP contribution in [0.3, 0.4) is 0 Å². The van der Waals surface area contributed by atoms with Gasteiger partial charge in [0.2, 0.25) is 0 Å². The standard InChI is InChI=1S/C51H33NS/c1-4-15-36(16-5-1)51(37-17-6-2-7-18-37)44-23-12-10-22-42(44)49-45(51)24-14-25-46(49)52(38-19-8-3-9-20-38)39-31-29-34-27-28-35-30-32-41-40-21-11-13-26-47(40)53-50(41)48(35)43(34)33-39/h1-33H. The summed E-state index contributed by atoms with van der Waals surface area (Å²) in [7, 11) is 0. The van der Waals surface area contributed by atoms with Crippen LogP contribution in [-0.2, 0) is 5.41 Å². The maximum Gasteiger partial charge on any atom is 0.0714 e. The molecule has 0 radical (unpaired) electrons. The first-order chi connectivity index (χ1) is 26.3. The van der Waals surface area contributed by atoms with Crippen LogP contribution in [-0.4, -0.2) is 0 Å². The maximum absolute atomic E-state index is 2.48. The lowest BCUT2D eigenvalue weighted by atomic mass is 9.68. The molecule has 0 atom stereocenters. The molecule has 11 rings (SSSR count). The van der Waals surface area contributed by atoms with Crippen molar-refractivity contribution in [3.05, 3.63) is 222 Å². The van der Waals surface area contributed by atoms with Crippen LogP contribution in [0.2, 0.25) is 0 Å². The molecule has 0 fully saturated rings. The van der Waals surface area contributed by atoms with Crippen molar-refractivity contribution in [3.63, 3.8) is 0 Å². The molecule has 1 aliphatic carbocycles. The van der Waals surface area contributed by atoms with Crippen LogP contribution >= 0.6 is 11.3 Å². The molecule has 0 unspecified atom stereocenters. The van der Waals surface area contributed by atoms with Crippen LogP contribution in [0.5, 0.6) is 0 Å². The monoisotopic (exact) mass is 691 g/mol. The number of hydrogen-bond donors (Lipinski definition) is 0. The maximum atomic E-state index is 2.48. The lowest BCUT2D eigenvalue weighted by Gasteiger charge is -2.34. The summed E-state index contributed by atoms with van der Waals surface area (Å²) in [6, 6.07) is 74.0. The first-order valence-electron chi connectivity index (χ1n) is 18.3. The molecule has 0 amide bonds. The van der Waals surface area contributed by atoms with Gasteiger partial charge in [-0.3, -0.25) is 0 Å². The molecule has 0 bridgehead atoms. The summed E-state index contributed by atoms with van der Waals surface area (Å²) in [5.41, 5.74) is 10.6. The molecule has 10 aromatic rings. The van der Waals surface area contributed by atoms with Crippen LogP contribution in [0.15, 0.2) is 200 Å². The summed E-state index contributed by atoms with van der Waals surface area (Å²) < 4.78 is 2.68. The van der Waals surface area contributed by atoms with Crippen molar-refractivity contribution in [1.82, 2.24) is 0 Å². The molecule has 1 nitrogen and oxygen atoms in total. The smallest absolute Gasteiger partial charge is 0.0714 e. The topological polar surface area (TPSA) is 3.24 Å². The van der Waals surface area contributed by atoms with E-state index in [0.717, 1.165) is 11.4 Å². The minimum atomic E-state index is -0.473. The second kappa shape index (κ2) is 11.8. The van der Waals surface area contributed by atoms with Crippen molar-refractivity contribution in [1.29, 1.82) is 0 Å². The van der Waals surface area contributed by atoms with Crippen molar-refractivity contribution in [2.24, 2.45) is 0 Å². The largest absolute Gasteiger partial charge is 0.310 e. The molecule has 0 saturated carbocycles. The predicted molar refractivity (Wildman–Crippen MR) is 226 cm³/mol. The zero-order chi connectivity index (χ0) is 34.9. The average Bonchev–Trinajstić information content (AvgIpc) is 3.76. The normalized spacial score (nSPS) is 13.1. The highest BCUT2D eigenvalue weighted by Gasteiger charge is 2.47. The third kappa shape index (κ3) is 4.37. The highest BCUT2D eigenvalue weighted by molar-refractivity contribution is 7.26. The molecule has 0 saturated heterocycles. The van der Waals surface area contributed by atoms with E-state index in [1.165, 1.54) is 80.8 Å². The van der Waals surface area contributed by atoms with Crippen molar-refractivity contribution in [3.8, 4) is 11.1 Å². The first-order valence-corrected chi connectivity index (χ1v) is 19.1. The number of para-hydroxylation sites is 1. The Morgan fingerprint density at radius 3 is 1.83 bits per heavy atom. The van der Waals surface area contributed by atoms with Crippen LogP contribution in [0.25, 0.3) is 52.8 Å². The van der Waals surface area contributed by atoms with Gasteiger partial charge in [0.15, 0.2) is 0 Å². The van der Waals surface area contributed by atoms with Crippen molar-refractivity contribution < 1.29 is 0 Å². The zero-order valence-corrected chi connectivity index (χ0v) is 29.7. The summed E-state index contributed by atoms with van der Waals surface area (Å²) in [4.78, 5) is 2.48. The summed E-state index contributed by atoms with van der Waals surface area (Å²) in [6.07, 6.45) is 0. The van der Waals surface area contributed by atoms with E-state index in [-0.39, 0.29) is 0 Å². The van der Waals surface area contributed by atoms with Gasteiger partial charge in [-0.15, -0.1) is 11.3 Å². The third-order valence-electron chi connectivity index (χ3n) is 11.3. The lowest BCUT2D eigenvalue weighted by molar-refractivity contribution is 0.768. The predicted octanol–water partition coefficient (Wildman–Crippen LogP) is 14.2. The quantitative estimate of drug-likeness (QED) is 0.162. The summed E-state index contributed by atoms with van der Waals surface area (Å²) >= 11 is 1.90. The number of thiophene rings is 1. The highest BCUT2D eigenvalue weighted by Crippen LogP contribution is 2.59. The van der Waals surface area contributed by atoms with Gasteiger partial charge in [-0.2, -0.15) is 0 Å². The molecule has 0 N–H and O–H groups in total.